The van der Waals surface area contributed by atoms with E-state index in [0.29, 0.717) is 28.9 Å². The van der Waals surface area contributed by atoms with Crippen LogP contribution in [0, 0.1) is 10.1 Å². The minimum atomic E-state index is -0.456. The SMILES string of the molecule is CC[C@H](C)Nc1nc(Nc2ccc(OC)cc2[N+](=O)[O-])cc(-c2ccccc2)n1. The summed E-state index contributed by atoms with van der Waals surface area (Å²) in [6.07, 6.45) is 0.908. The number of nitrogens with one attached hydrogen (secondary N) is 2. The minimum absolute atomic E-state index is 0.0966. The Morgan fingerprint density at radius 2 is 1.90 bits per heavy atom. The van der Waals surface area contributed by atoms with Crippen LogP contribution in [0.15, 0.2) is 54.6 Å². The maximum atomic E-state index is 11.5. The first-order valence-electron chi connectivity index (χ1n) is 9.30. The van der Waals surface area contributed by atoms with Crippen molar-refractivity contribution in [3.8, 4) is 17.0 Å². The van der Waals surface area contributed by atoms with E-state index in [-0.39, 0.29) is 11.7 Å². The smallest absolute Gasteiger partial charge is 0.296 e. The summed E-state index contributed by atoms with van der Waals surface area (Å²) < 4.78 is 5.09. The van der Waals surface area contributed by atoms with Crippen LogP contribution in [0.5, 0.6) is 5.75 Å². The molecule has 3 rings (SSSR count). The lowest BCUT2D eigenvalue weighted by molar-refractivity contribution is -0.384. The van der Waals surface area contributed by atoms with Gasteiger partial charge in [-0.25, -0.2) is 4.98 Å². The first-order valence-corrected chi connectivity index (χ1v) is 9.30. The highest BCUT2D eigenvalue weighted by molar-refractivity contribution is 5.72. The van der Waals surface area contributed by atoms with Gasteiger partial charge in [-0.05, 0) is 25.5 Å². The first kappa shape index (κ1) is 20.1. The Labute approximate surface area is 169 Å². The minimum Gasteiger partial charge on any atom is -0.496 e. The zero-order valence-electron chi connectivity index (χ0n) is 16.5. The van der Waals surface area contributed by atoms with Gasteiger partial charge in [0.25, 0.3) is 5.69 Å². The number of ether oxygens (including phenoxy) is 1. The van der Waals surface area contributed by atoms with Gasteiger partial charge >= 0.3 is 0 Å². The van der Waals surface area contributed by atoms with Gasteiger partial charge in [0.15, 0.2) is 0 Å². The van der Waals surface area contributed by atoms with Gasteiger partial charge in [0, 0.05) is 17.7 Å². The molecule has 0 aliphatic heterocycles. The van der Waals surface area contributed by atoms with E-state index in [1.165, 1.54) is 13.2 Å². The number of anilines is 3. The van der Waals surface area contributed by atoms with Crippen LogP contribution in [-0.4, -0.2) is 28.0 Å². The molecule has 29 heavy (non-hydrogen) atoms. The zero-order valence-corrected chi connectivity index (χ0v) is 16.5. The van der Waals surface area contributed by atoms with Gasteiger partial charge in [0.2, 0.25) is 5.95 Å². The van der Waals surface area contributed by atoms with E-state index in [2.05, 4.69) is 27.5 Å². The van der Waals surface area contributed by atoms with E-state index >= 15 is 0 Å². The van der Waals surface area contributed by atoms with Gasteiger partial charge in [-0.15, -0.1) is 0 Å². The van der Waals surface area contributed by atoms with Gasteiger partial charge in [0.05, 0.1) is 23.8 Å². The van der Waals surface area contributed by atoms with E-state index < -0.39 is 4.92 Å². The molecule has 0 fully saturated rings. The quantitative estimate of drug-likeness (QED) is 0.409. The van der Waals surface area contributed by atoms with Crippen molar-refractivity contribution < 1.29 is 9.66 Å². The van der Waals surface area contributed by atoms with E-state index in [1.807, 2.05) is 37.3 Å². The molecule has 0 radical (unpaired) electrons. The van der Waals surface area contributed by atoms with E-state index in [9.17, 15) is 10.1 Å². The third kappa shape index (κ3) is 4.98. The molecule has 0 aliphatic carbocycles. The van der Waals surface area contributed by atoms with Gasteiger partial charge < -0.3 is 15.4 Å². The molecule has 0 saturated carbocycles. The van der Waals surface area contributed by atoms with Crippen molar-refractivity contribution in [1.29, 1.82) is 0 Å². The van der Waals surface area contributed by atoms with Crippen LogP contribution in [0.25, 0.3) is 11.3 Å². The Morgan fingerprint density at radius 1 is 1.14 bits per heavy atom. The molecule has 3 aromatic rings. The molecule has 0 spiro atoms. The molecule has 1 heterocycles. The second-order valence-electron chi connectivity index (χ2n) is 6.55. The second kappa shape index (κ2) is 9.01. The molecule has 2 aromatic carbocycles. The number of rotatable bonds is 8. The van der Waals surface area contributed by atoms with Crippen LogP contribution in [0.1, 0.15) is 20.3 Å². The summed E-state index contributed by atoms with van der Waals surface area (Å²) in [5.74, 6) is 1.33. The molecular formula is C21H23N5O3. The monoisotopic (exact) mass is 393 g/mol. The lowest BCUT2D eigenvalue weighted by atomic mass is 10.1. The topological polar surface area (TPSA) is 102 Å². The molecule has 1 atom stereocenters. The number of nitrogens with zero attached hydrogens (tertiary/aromatic N) is 3. The highest BCUT2D eigenvalue weighted by Crippen LogP contribution is 2.32. The van der Waals surface area contributed by atoms with Crippen LogP contribution >= 0.6 is 0 Å². The average molecular weight is 393 g/mol. The molecule has 2 N–H and O–H groups in total. The summed E-state index contributed by atoms with van der Waals surface area (Å²) in [6.45, 7) is 4.11. The summed E-state index contributed by atoms with van der Waals surface area (Å²) in [7, 11) is 1.47. The van der Waals surface area contributed by atoms with Crippen molar-refractivity contribution in [2.24, 2.45) is 0 Å². The lowest BCUT2D eigenvalue weighted by Gasteiger charge is -2.15. The number of methoxy groups -OCH3 is 1. The Hall–Kier alpha value is -3.68. The Kier molecular flexibility index (Phi) is 6.23. The molecule has 1 aromatic heterocycles. The van der Waals surface area contributed by atoms with Crippen molar-refractivity contribution in [3.05, 3.63) is 64.7 Å². The number of benzene rings is 2. The Balaban J connectivity index is 2.02. The molecule has 0 unspecified atom stereocenters. The summed E-state index contributed by atoms with van der Waals surface area (Å²) >= 11 is 0. The van der Waals surface area contributed by atoms with Crippen LogP contribution in [0.3, 0.4) is 0 Å². The van der Waals surface area contributed by atoms with Crippen LogP contribution in [0.4, 0.5) is 23.1 Å². The van der Waals surface area contributed by atoms with Crippen molar-refractivity contribution in [3.63, 3.8) is 0 Å². The zero-order chi connectivity index (χ0) is 20.8. The van der Waals surface area contributed by atoms with Crippen LogP contribution < -0.4 is 15.4 Å². The largest absolute Gasteiger partial charge is 0.496 e. The third-order valence-corrected chi connectivity index (χ3v) is 4.45. The normalized spacial score (nSPS) is 11.6. The predicted octanol–water partition coefficient (Wildman–Crippen LogP) is 5.01. The van der Waals surface area contributed by atoms with Gasteiger partial charge in [-0.2, -0.15) is 4.98 Å². The number of nitro groups is 1. The van der Waals surface area contributed by atoms with Gasteiger partial charge in [-0.1, -0.05) is 37.3 Å². The van der Waals surface area contributed by atoms with Crippen LogP contribution in [-0.2, 0) is 0 Å². The molecule has 0 bridgehead atoms. The highest BCUT2D eigenvalue weighted by atomic mass is 16.6. The predicted molar refractivity (Wildman–Crippen MR) is 114 cm³/mol. The van der Waals surface area contributed by atoms with Crippen molar-refractivity contribution in [1.82, 2.24) is 9.97 Å². The number of hydrogen-bond acceptors (Lipinski definition) is 7. The second-order valence-corrected chi connectivity index (χ2v) is 6.55. The van der Waals surface area contributed by atoms with Gasteiger partial charge in [-0.3, -0.25) is 10.1 Å². The summed E-state index contributed by atoms with van der Waals surface area (Å²) in [5.41, 5.74) is 1.86. The van der Waals surface area contributed by atoms with E-state index in [4.69, 9.17) is 4.74 Å². The summed E-state index contributed by atoms with van der Waals surface area (Å²) in [4.78, 5) is 20.1. The fourth-order valence-electron chi connectivity index (χ4n) is 2.69. The van der Waals surface area contributed by atoms with Crippen molar-refractivity contribution in [2.75, 3.05) is 17.7 Å². The third-order valence-electron chi connectivity index (χ3n) is 4.45. The summed E-state index contributed by atoms with van der Waals surface area (Å²) in [5, 5.41) is 17.8. The molecule has 8 nitrogen and oxygen atoms in total. The fourth-order valence-corrected chi connectivity index (χ4v) is 2.69. The maximum Gasteiger partial charge on any atom is 0.296 e. The average Bonchev–Trinajstić information content (AvgIpc) is 2.74. The summed E-state index contributed by atoms with van der Waals surface area (Å²) in [6, 6.07) is 16.3. The molecular weight excluding hydrogens is 370 g/mol. The molecule has 150 valence electrons. The van der Waals surface area contributed by atoms with Crippen molar-refractivity contribution >= 4 is 23.1 Å². The number of aromatic nitrogens is 2. The number of hydrogen-bond donors (Lipinski definition) is 2. The Morgan fingerprint density at radius 3 is 2.55 bits per heavy atom. The first-order chi connectivity index (χ1) is 14.0. The maximum absolute atomic E-state index is 11.5. The standard InChI is InChI=1S/C21H23N5O3/c1-4-14(2)22-21-24-18(15-8-6-5-7-9-15)13-20(25-21)23-17-11-10-16(29-3)12-19(17)26(27)28/h5-14H,4H2,1-3H3,(H2,22,23,24,25)/t14-/m0/s1. The fraction of sp³-hybridized carbons (Fsp3) is 0.238. The molecule has 0 aliphatic rings. The lowest BCUT2D eigenvalue weighted by Crippen LogP contribution is -2.16. The van der Waals surface area contributed by atoms with E-state index in [0.717, 1.165) is 12.0 Å². The highest BCUT2D eigenvalue weighted by Gasteiger charge is 2.17. The number of nitro benzene ring substituents is 1. The van der Waals surface area contributed by atoms with Gasteiger partial charge in [0.1, 0.15) is 17.3 Å². The van der Waals surface area contributed by atoms with E-state index in [1.54, 1.807) is 18.2 Å². The molecule has 8 heteroatoms. The van der Waals surface area contributed by atoms with Crippen molar-refractivity contribution in [2.45, 2.75) is 26.3 Å². The molecule has 0 amide bonds. The molecule has 0 saturated heterocycles. The van der Waals surface area contributed by atoms with Crippen LogP contribution in [0.2, 0.25) is 0 Å². The Bertz CT molecular complexity index is 995.